The first-order chi connectivity index (χ1) is 6.27. The molecular formula is C12H25N. The van der Waals surface area contributed by atoms with Crippen LogP contribution in [0.15, 0.2) is 0 Å². The molecule has 78 valence electrons. The van der Waals surface area contributed by atoms with Crippen LogP contribution < -0.4 is 5.32 Å². The van der Waals surface area contributed by atoms with Gasteiger partial charge < -0.3 is 5.32 Å². The third kappa shape index (κ3) is 3.30. The van der Waals surface area contributed by atoms with Crippen molar-refractivity contribution in [2.24, 2.45) is 17.8 Å². The zero-order chi connectivity index (χ0) is 9.68. The number of hydrogen-bond donors (Lipinski definition) is 1. The van der Waals surface area contributed by atoms with Crippen LogP contribution in [0.3, 0.4) is 0 Å². The van der Waals surface area contributed by atoms with Gasteiger partial charge in [0.15, 0.2) is 0 Å². The van der Waals surface area contributed by atoms with Crippen LogP contribution in [0, 0.1) is 17.8 Å². The maximum atomic E-state index is 3.29. The predicted octanol–water partition coefficient (Wildman–Crippen LogP) is 3.06. The van der Waals surface area contributed by atoms with Crippen LogP contribution in [-0.2, 0) is 0 Å². The molecule has 0 aromatic rings. The van der Waals surface area contributed by atoms with Gasteiger partial charge in [0, 0.05) is 0 Å². The molecule has 1 N–H and O–H groups in total. The summed E-state index contributed by atoms with van der Waals surface area (Å²) in [7, 11) is 2.06. The molecule has 0 saturated heterocycles. The predicted molar refractivity (Wildman–Crippen MR) is 58.8 cm³/mol. The van der Waals surface area contributed by atoms with Gasteiger partial charge in [-0.15, -0.1) is 0 Å². The molecule has 1 rings (SSSR count). The van der Waals surface area contributed by atoms with Crippen molar-refractivity contribution in [3.63, 3.8) is 0 Å². The Labute approximate surface area is 83.3 Å². The van der Waals surface area contributed by atoms with E-state index in [1.54, 1.807) is 0 Å². The molecule has 0 heterocycles. The number of hydrogen-bond acceptors (Lipinski definition) is 1. The van der Waals surface area contributed by atoms with E-state index in [-0.39, 0.29) is 0 Å². The summed E-state index contributed by atoms with van der Waals surface area (Å²) in [5.41, 5.74) is 0. The Balaban J connectivity index is 2.23. The largest absolute Gasteiger partial charge is 0.319 e. The summed E-state index contributed by atoms with van der Waals surface area (Å²) in [5, 5.41) is 3.29. The Morgan fingerprint density at radius 3 is 2.31 bits per heavy atom. The van der Waals surface area contributed by atoms with Gasteiger partial charge in [-0.25, -0.2) is 0 Å². The average molecular weight is 183 g/mol. The van der Waals surface area contributed by atoms with Crippen molar-refractivity contribution in [3.05, 3.63) is 0 Å². The Hall–Kier alpha value is -0.0400. The lowest BCUT2D eigenvalue weighted by Gasteiger charge is -2.31. The lowest BCUT2D eigenvalue weighted by Crippen LogP contribution is -2.26. The smallest absolute Gasteiger partial charge is 0.00235 e. The van der Waals surface area contributed by atoms with E-state index in [0.29, 0.717) is 0 Å². The van der Waals surface area contributed by atoms with Crippen LogP contribution in [0.5, 0.6) is 0 Å². The summed E-state index contributed by atoms with van der Waals surface area (Å²) >= 11 is 0. The third-order valence-electron chi connectivity index (χ3n) is 3.80. The van der Waals surface area contributed by atoms with Crippen molar-refractivity contribution in [2.45, 2.75) is 46.0 Å². The Morgan fingerprint density at radius 1 is 1.23 bits per heavy atom. The van der Waals surface area contributed by atoms with Crippen LogP contribution in [0.25, 0.3) is 0 Å². The maximum Gasteiger partial charge on any atom is -0.00235 e. The van der Waals surface area contributed by atoms with E-state index in [1.165, 1.54) is 38.6 Å². The molecule has 1 heteroatoms. The van der Waals surface area contributed by atoms with Gasteiger partial charge >= 0.3 is 0 Å². The molecule has 0 amide bonds. The molecule has 0 bridgehead atoms. The van der Waals surface area contributed by atoms with Gasteiger partial charge in [0.05, 0.1) is 0 Å². The zero-order valence-electron chi connectivity index (χ0n) is 9.47. The minimum atomic E-state index is 0.878. The minimum absolute atomic E-state index is 0.878. The van der Waals surface area contributed by atoms with Crippen LogP contribution in [-0.4, -0.2) is 13.6 Å². The highest BCUT2D eigenvalue weighted by molar-refractivity contribution is 4.76. The van der Waals surface area contributed by atoms with E-state index in [2.05, 4.69) is 26.2 Å². The normalized spacial score (nSPS) is 31.6. The van der Waals surface area contributed by atoms with Crippen molar-refractivity contribution < 1.29 is 0 Å². The first-order valence-electron chi connectivity index (χ1n) is 5.92. The Kier molecular flexibility index (Phi) is 4.79. The molecule has 0 aromatic heterocycles. The summed E-state index contributed by atoms with van der Waals surface area (Å²) in [5.74, 6) is 2.91. The molecule has 0 radical (unpaired) electrons. The second-order valence-corrected chi connectivity index (χ2v) is 4.72. The number of rotatable bonds is 4. The van der Waals surface area contributed by atoms with Gasteiger partial charge in [-0.05, 0) is 44.2 Å². The van der Waals surface area contributed by atoms with E-state index in [1.807, 2.05) is 0 Å². The first-order valence-corrected chi connectivity index (χ1v) is 5.92. The van der Waals surface area contributed by atoms with Crippen molar-refractivity contribution in [1.82, 2.24) is 5.32 Å². The summed E-state index contributed by atoms with van der Waals surface area (Å²) in [6, 6.07) is 0. The zero-order valence-corrected chi connectivity index (χ0v) is 9.47. The molecule has 0 aliphatic heterocycles. The molecule has 1 nitrogen and oxygen atoms in total. The second-order valence-electron chi connectivity index (χ2n) is 4.72. The second kappa shape index (κ2) is 5.64. The highest BCUT2D eigenvalue weighted by atomic mass is 14.8. The van der Waals surface area contributed by atoms with Crippen molar-refractivity contribution in [1.29, 1.82) is 0 Å². The molecule has 1 aliphatic rings. The van der Waals surface area contributed by atoms with Crippen molar-refractivity contribution >= 4 is 0 Å². The standard InChI is InChI=1S/C12H25N/c1-4-11-5-7-12(8-6-11)10(2)9-13-3/h10-13H,4-9H2,1-3H3. The monoisotopic (exact) mass is 183 g/mol. The molecule has 1 unspecified atom stereocenters. The first kappa shape index (κ1) is 11.0. The van der Waals surface area contributed by atoms with Crippen LogP contribution in [0.4, 0.5) is 0 Å². The molecule has 1 aliphatic carbocycles. The van der Waals surface area contributed by atoms with Crippen LogP contribution in [0.1, 0.15) is 46.0 Å². The van der Waals surface area contributed by atoms with E-state index in [4.69, 9.17) is 0 Å². The lowest BCUT2D eigenvalue weighted by atomic mass is 9.75. The molecule has 1 saturated carbocycles. The van der Waals surface area contributed by atoms with E-state index in [9.17, 15) is 0 Å². The fourth-order valence-electron chi connectivity index (χ4n) is 2.65. The fraction of sp³-hybridized carbons (Fsp3) is 1.00. The van der Waals surface area contributed by atoms with Gasteiger partial charge in [0.1, 0.15) is 0 Å². The van der Waals surface area contributed by atoms with Crippen LogP contribution >= 0.6 is 0 Å². The Morgan fingerprint density at radius 2 is 1.85 bits per heavy atom. The lowest BCUT2D eigenvalue weighted by molar-refractivity contribution is 0.209. The molecule has 1 atom stereocenters. The topological polar surface area (TPSA) is 12.0 Å². The quantitative estimate of drug-likeness (QED) is 0.706. The van der Waals surface area contributed by atoms with Gasteiger partial charge in [-0.2, -0.15) is 0 Å². The fourth-order valence-corrected chi connectivity index (χ4v) is 2.65. The SMILES string of the molecule is CCC1CCC(C(C)CNC)CC1. The van der Waals surface area contributed by atoms with Crippen LogP contribution in [0.2, 0.25) is 0 Å². The summed E-state index contributed by atoms with van der Waals surface area (Å²) in [6.45, 7) is 5.93. The minimum Gasteiger partial charge on any atom is -0.319 e. The Bertz CT molecular complexity index is 125. The molecule has 0 spiro atoms. The van der Waals surface area contributed by atoms with Gasteiger partial charge in [-0.1, -0.05) is 33.1 Å². The van der Waals surface area contributed by atoms with Crippen molar-refractivity contribution in [3.8, 4) is 0 Å². The average Bonchev–Trinajstić information content (AvgIpc) is 2.18. The van der Waals surface area contributed by atoms with Crippen molar-refractivity contribution in [2.75, 3.05) is 13.6 Å². The van der Waals surface area contributed by atoms with E-state index < -0.39 is 0 Å². The molecule has 0 aromatic carbocycles. The van der Waals surface area contributed by atoms with E-state index >= 15 is 0 Å². The summed E-state index contributed by atoms with van der Waals surface area (Å²) < 4.78 is 0. The van der Waals surface area contributed by atoms with Gasteiger partial charge in [-0.3, -0.25) is 0 Å². The summed E-state index contributed by atoms with van der Waals surface area (Å²) in [4.78, 5) is 0. The molecular weight excluding hydrogens is 158 g/mol. The summed E-state index contributed by atoms with van der Waals surface area (Å²) in [6.07, 6.45) is 7.31. The maximum absolute atomic E-state index is 3.29. The van der Waals surface area contributed by atoms with Gasteiger partial charge in [0.25, 0.3) is 0 Å². The third-order valence-corrected chi connectivity index (χ3v) is 3.80. The molecule has 1 fully saturated rings. The highest BCUT2D eigenvalue weighted by Gasteiger charge is 2.23. The van der Waals surface area contributed by atoms with Gasteiger partial charge in [0.2, 0.25) is 0 Å². The van der Waals surface area contributed by atoms with E-state index in [0.717, 1.165) is 17.8 Å². The number of nitrogens with one attached hydrogen (secondary N) is 1. The highest BCUT2D eigenvalue weighted by Crippen LogP contribution is 2.34. The molecule has 13 heavy (non-hydrogen) atoms.